The van der Waals surface area contributed by atoms with Gasteiger partial charge in [-0.25, -0.2) is 13.4 Å². The van der Waals surface area contributed by atoms with Crippen LogP contribution in [0.25, 0.3) is 10.9 Å². The first kappa shape index (κ1) is 47.9. The van der Waals surface area contributed by atoms with Crippen LogP contribution in [0.5, 0.6) is 11.6 Å². The summed E-state index contributed by atoms with van der Waals surface area (Å²) in [5.74, 6) is -1.82. The van der Waals surface area contributed by atoms with E-state index in [0.717, 1.165) is 74.6 Å². The summed E-state index contributed by atoms with van der Waals surface area (Å²) in [4.78, 5) is 66.6. The van der Waals surface area contributed by atoms with Gasteiger partial charge in [-0.2, -0.15) is 0 Å². The highest BCUT2D eigenvalue weighted by Crippen LogP contribution is 2.57. The molecule has 1 aromatic heterocycles. The summed E-state index contributed by atoms with van der Waals surface area (Å²) in [6, 6.07) is 6.81. The average Bonchev–Trinajstić information content (AvgIpc) is 4.08. The smallest absolute Gasteiger partial charge is 0.306 e. The highest BCUT2D eigenvalue weighted by Gasteiger charge is 2.63. The first-order valence-corrected chi connectivity index (χ1v) is 25.0. The zero-order chi connectivity index (χ0) is 46.0. The van der Waals surface area contributed by atoms with Crippen molar-refractivity contribution in [2.75, 3.05) is 47.5 Å². The Morgan fingerprint density at radius 3 is 2.50 bits per heavy atom. The van der Waals surface area contributed by atoms with Crippen LogP contribution in [0, 0.1) is 28.6 Å². The van der Waals surface area contributed by atoms with Crippen molar-refractivity contribution in [3.8, 4) is 11.6 Å². The number of nitrogens with one attached hydrogen (secondary N) is 1. The van der Waals surface area contributed by atoms with E-state index < -0.39 is 61.5 Å². The number of amides is 2. The van der Waals surface area contributed by atoms with Gasteiger partial charge in [0.15, 0.2) is 5.78 Å². The van der Waals surface area contributed by atoms with Crippen LogP contribution in [-0.4, -0.2) is 117 Å². The third-order valence-electron chi connectivity index (χ3n) is 14.6. The zero-order valence-electron chi connectivity index (χ0n) is 38.8. The number of sulfonamides is 1. The first-order chi connectivity index (χ1) is 30.4. The number of pyridine rings is 1. The Hall–Kier alpha value is -4.08. The molecule has 0 unspecified atom stereocenters. The van der Waals surface area contributed by atoms with E-state index >= 15 is 4.79 Å². The van der Waals surface area contributed by atoms with E-state index in [1.165, 1.54) is 12.0 Å². The number of ether oxygens (including phenoxy) is 4. The molecular weight excluding hydrogens is 837 g/mol. The lowest BCUT2D eigenvalue weighted by Gasteiger charge is -2.35. The molecule has 0 radical (unpaired) electrons. The minimum Gasteiger partial charge on any atom is -0.492 e. The predicted octanol–water partition coefficient (Wildman–Crippen LogP) is 6.57. The molecule has 1 N–H and O–H groups in total. The van der Waals surface area contributed by atoms with E-state index in [1.807, 2.05) is 59.1 Å². The van der Waals surface area contributed by atoms with Crippen LogP contribution in [-0.2, 0) is 45.1 Å². The lowest BCUT2D eigenvalue weighted by Crippen LogP contribution is -2.49. The van der Waals surface area contributed by atoms with Crippen molar-refractivity contribution in [2.24, 2.45) is 28.6 Å². The minimum atomic E-state index is -4.11. The maximum absolute atomic E-state index is 15.1. The van der Waals surface area contributed by atoms with Crippen LogP contribution < -0.4 is 14.2 Å². The lowest BCUT2D eigenvalue weighted by molar-refractivity contribution is -0.158. The van der Waals surface area contributed by atoms with Gasteiger partial charge in [0.05, 0.1) is 54.6 Å². The molecule has 2 bridgehead atoms. The summed E-state index contributed by atoms with van der Waals surface area (Å²) in [7, 11) is 1.38. The number of allylic oxidation sites excluding steroid dienone is 1. The topological polar surface area (TPSA) is 171 Å². The Kier molecular flexibility index (Phi) is 14.5. The number of hydrogen-bond donors (Lipinski definition) is 1. The second-order valence-electron chi connectivity index (χ2n) is 20.6. The van der Waals surface area contributed by atoms with E-state index in [9.17, 15) is 22.8 Å². The molecule has 4 fully saturated rings. The molecule has 3 aliphatic carbocycles. The van der Waals surface area contributed by atoms with Crippen LogP contribution in [0.3, 0.4) is 0 Å². The molecular formula is C49H70N4O10S. The molecule has 7 rings (SSSR count). The van der Waals surface area contributed by atoms with Gasteiger partial charge >= 0.3 is 5.97 Å². The van der Waals surface area contributed by atoms with Crippen molar-refractivity contribution in [3.05, 3.63) is 42.5 Å². The van der Waals surface area contributed by atoms with Gasteiger partial charge < -0.3 is 28.7 Å². The van der Waals surface area contributed by atoms with Crippen molar-refractivity contribution in [3.63, 3.8) is 0 Å². The molecule has 352 valence electrons. The third-order valence-corrected chi connectivity index (χ3v) is 16.7. The maximum atomic E-state index is 15.1. The molecule has 5 aliphatic rings. The van der Waals surface area contributed by atoms with Crippen LogP contribution in [0.4, 0.5) is 0 Å². The maximum Gasteiger partial charge on any atom is 0.306 e. The second-order valence-corrected chi connectivity index (χ2v) is 22.6. The third kappa shape index (κ3) is 10.3. The number of fused-ring (bicyclic) bond motifs is 5. The number of carbonyl (C=O) groups is 4. The molecule has 15 heteroatoms. The van der Waals surface area contributed by atoms with Crippen molar-refractivity contribution < 1.29 is 46.5 Å². The molecule has 2 amide bonds. The summed E-state index contributed by atoms with van der Waals surface area (Å²) < 4.78 is 53.1. The fourth-order valence-electron chi connectivity index (χ4n) is 10.4. The second kappa shape index (κ2) is 19.4. The SMILES string of the molecule is C=C[C@@H]1C[C@]1(CC(=O)[C@@H]1C[C@@H]2CN1C(=O)[C@H](C(C)(C)C)CC(=O)O[C@@H]1CCC[C@H]1CCCCCc1c(nc3ccccc3c1OCCCN(C)C)O2)C(=O)NS(=O)(=O)C1(COC)CC1. The number of ketones is 1. The van der Waals surface area contributed by atoms with Crippen molar-refractivity contribution >= 4 is 44.5 Å². The average molecular weight is 907 g/mol. The summed E-state index contributed by atoms with van der Waals surface area (Å²) in [6.45, 7) is 11.0. The fourth-order valence-corrected chi connectivity index (χ4v) is 12.0. The predicted molar refractivity (Wildman–Crippen MR) is 243 cm³/mol. The Labute approximate surface area is 379 Å². The molecule has 2 aliphatic heterocycles. The molecule has 64 heavy (non-hydrogen) atoms. The van der Waals surface area contributed by atoms with Gasteiger partial charge in [-0.05, 0) is 108 Å². The van der Waals surface area contributed by atoms with E-state index in [2.05, 4.69) is 16.2 Å². The summed E-state index contributed by atoms with van der Waals surface area (Å²) >= 11 is 0. The van der Waals surface area contributed by atoms with E-state index in [1.54, 1.807) is 6.08 Å². The minimum absolute atomic E-state index is 0.0343. The highest BCUT2D eigenvalue weighted by molar-refractivity contribution is 7.91. The molecule has 1 saturated heterocycles. The standard InChI is InChI=1S/C49H70N4O10S/c1-8-33-28-49(33,46(57)51-64(58,59)48(22-23-48)31-60-7)29-40(54)39-26-34-30-53(39)45(56)37(47(2,3)4)27-42(55)63-41-21-14-17-32(41)16-10-9-11-19-36-43(61-25-15-24-52(5)6)35-18-12-13-20-38(35)50-44(36)62-34/h8,12-13,18,20,32-34,37,39,41H,1,9-11,14-17,19,21-31H2,2-7H3,(H,51,57)/t32-,33-,34-,37-,39+,41-,49-/m1/s1. The number of methoxy groups -OCH3 is 1. The number of benzene rings is 1. The van der Waals surface area contributed by atoms with E-state index in [-0.39, 0.29) is 62.5 Å². The van der Waals surface area contributed by atoms with Crippen LogP contribution in [0.2, 0.25) is 0 Å². The number of carbonyl (C=O) groups excluding carboxylic acids is 4. The van der Waals surface area contributed by atoms with Crippen LogP contribution >= 0.6 is 0 Å². The normalized spacial score (nSPS) is 28.6. The van der Waals surface area contributed by atoms with Crippen molar-refractivity contribution in [1.82, 2.24) is 19.5 Å². The highest BCUT2D eigenvalue weighted by atomic mass is 32.2. The molecule has 0 spiro atoms. The van der Waals surface area contributed by atoms with Gasteiger partial charge in [0.1, 0.15) is 22.7 Å². The molecule has 1 aromatic carbocycles. The summed E-state index contributed by atoms with van der Waals surface area (Å²) in [5, 5.41) is 0.887. The number of para-hydroxylation sites is 1. The van der Waals surface area contributed by atoms with Gasteiger partial charge in [-0.15, -0.1) is 6.58 Å². The lowest BCUT2D eigenvalue weighted by atomic mass is 9.77. The number of nitrogens with zero attached hydrogens (tertiary/aromatic N) is 3. The number of aromatic nitrogens is 1. The molecule has 7 atom stereocenters. The number of hydrogen-bond acceptors (Lipinski definition) is 12. The van der Waals surface area contributed by atoms with Gasteiger partial charge in [-0.1, -0.05) is 51.8 Å². The Bertz CT molecular complexity index is 2180. The monoisotopic (exact) mass is 906 g/mol. The van der Waals surface area contributed by atoms with Crippen molar-refractivity contribution in [1.29, 1.82) is 0 Å². The van der Waals surface area contributed by atoms with Gasteiger partial charge in [0.25, 0.3) is 0 Å². The Morgan fingerprint density at radius 1 is 1.06 bits per heavy atom. The zero-order valence-corrected chi connectivity index (χ0v) is 39.6. The summed E-state index contributed by atoms with van der Waals surface area (Å²) in [6.07, 6.45) is 9.26. The largest absolute Gasteiger partial charge is 0.492 e. The number of rotatable bonds is 14. The van der Waals surface area contributed by atoms with Gasteiger partial charge in [0.2, 0.25) is 27.7 Å². The van der Waals surface area contributed by atoms with E-state index in [4.69, 9.17) is 23.9 Å². The van der Waals surface area contributed by atoms with Gasteiger partial charge in [-0.3, -0.25) is 23.9 Å². The van der Waals surface area contributed by atoms with Crippen LogP contribution in [0.15, 0.2) is 36.9 Å². The Balaban J connectivity index is 1.24. The summed E-state index contributed by atoms with van der Waals surface area (Å²) in [5.41, 5.74) is -0.492. The van der Waals surface area contributed by atoms with Crippen LogP contribution in [0.1, 0.15) is 116 Å². The Morgan fingerprint density at radius 2 is 1.81 bits per heavy atom. The molecule has 3 heterocycles. The molecule has 3 saturated carbocycles. The molecule has 14 nitrogen and oxygen atoms in total. The van der Waals surface area contributed by atoms with E-state index in [0.29, 0.717) is 37.3 Å². The fraction of sp³-hybridized carbons (Fsp3) is 0.694. The first-order valence-electron chi connectivity index (χ1n) is 23.5. The van der Waals surface area contributed by atoms with Gasteiger partial charge in [0, 0.05) is 31.9 Å². The number of Topliss-reactive ketones (excluding diaryl/α,β-unsaturated/α-hetero) is 1. The van der Waals surface area contributed by atoms with Crippen molar-refractivity contribution in [2.45, 2.75) is 140 Å². The molecule has 2 aromatic rings. The number of esters is 1. The quantitative estimate of drug-likeness (QED) is 0.123.